The lowest BCUT2D eigenvalue weighted by Gasteiger charge is -2.24. The number of nitrogens with zero attached hydrogens (tertiary/aromatic N) is 4. The summed E-state index contributed by atoms with van der Waals surface area (Å²) in [5, 5.41) is 2.33. The first-order chi connectivity index (χ1) is 16.3. The Balaban J connectivity index is 1.27. The zero-order valence-corrected chi connectivity index (χ0v) is 19.9. The molecule has 1 aliphatic carbocycles. The van der Waals surface area contributed by atoms with Gasteiger partial charge in [-0.3, -0.25) is 0 Å². The van der Waals surface area contributed by atoms with Crippen molar-refractivity contribution in [2.45, 2.75) is 57.1 Å². The van der Waals surface area contributed by atoms with Crippen molar-refractivity contribution in [2.75, 3.05) is 11.5 Å². The van der Waals surface area contributed by atoms with Gasteiger partial charge in [0.15, 0.2) is 5.79 Å². The molecule has 4 atom stereocenters. The second-order valence-electron chi connectivity index (χ2n) is 9.77. The molecule has 9 heteroatoms. The molecule has 0 spiro atoms. The Hall–Kier alpha value is -2.94. The second kappa shape index (κ2) is 7.80. The van der Waals surface area contributed by atoms with E-state index in [2.05, 4.69) is 37.7 Å². The molecular weight excluding hydrogens is 452 g/mol. The minimum absolute atomic E-state index is 0.0182. The Morgan fingerprint density at radius 3 is 2.76 bits per heavy atom. The van der Waals surface area contributed by atoms with Gasteiger partial charge in [0.05, 0.1) is 28.1 Å². The molecule has 0 bridgehead atoms. The Morgan fingerprint density at radius 1 is 1.09 bits per heavy atom. The van der Waals surface area contributed by atoms with E-state index >= 15 is 0 Å². The van der Waals surface area contributed by atoms with Crippen molar-refractivity contribution in [3.05, 3.63) is 53.4 Å². The minimum atomic E-state index is -0.618. The fourth-order valence-corrected chi connectivity index (χ4v) is 5.74. The zero-order valence-electron chi connectivity index (χ0n) is 19.1. The van der Waals surface area contributed by atoms with E-state index in [9.17, 15) is 0 Å². The number of nitrogens with two attached hydrogens (primary N) is 2. The largest absolute Gasteiger partial charge is 0.383 e. The number of benzene rings is 1. The molecule has 0 radical (unpaired) electrons. The molecule has 4 aromatic rings. The van der Waals surface area contributed by atoms with Gasteiger partial charge in [-0.2, -0.15) is 0 Å². The summed E-state index contributed by atoms with van der Waals surface area (Å²) in [6.45, 7) is 3.97. The summed E-state index contributed by atoms with van der Waals surface area (Å²) < 4.78 is 15.0. The van der Waals surface area contributed by atoms with Crippen molar-refractivity contribution in [3.8, 4) is 0 Å². The number of anilines is 2. The van der Waals surface area contributed by atoms with Gasteiger partial charge in [-0.05, 0) is 62.8 Å². The Morgan fingerprint density at radius 2 is 1.91 bits per heavy atom. The number of pyridine rings is 1. The number of rotatable bonds is 4. The van der Waals surface area contributed by atoms with Crippen LogP contribution in [-0.2, 0) is 15.9 Å². The Labute approximate surface area is 202 Å². The van der Waals surface area contributed by atoms with Gasteiger partial charge in [-0.25, -0.2) is 15.0 Å². The van der Waals surface area contributed by atoms with Crippen molar-refractivity contribution in [1.29, 1.82) is 0 Å². The number of nitrogen functional groups attached to an aromatic ring is 2. The van der Waals surface area contributed by atoms with Crippen molar-refractivity contribution in [1.82, 2.24) is 19.5 Å². The molecule has 2 fully saturated rings. The summed E-state index contributed by atoms with van der Waals surface area (Å²) in [4.78, 5) is 13.1. The molecule has 1 aliphatic heterocycles. The van der Waals surface area contributed by atoms with Crippen LogP contribution >= 0.6 is 11.6 Å². The van der Waals surface area contributed by atoms with E-state index in [4.69, 9.17) is 32.5 Å². The summed E-state index contributed by atoms with van der Waals surface area (Å²) >= 11 is 6.12. The number of ether oxygens (including phenoxy) is 2. The van der Waals surface area contributed by atoms with Crippen LogP contribution in [0.2, 0.25) is 5.02 Å². The molecule has 4 heterocycles. The number of aromatic nitrogens is 4. The van der Waals surface area contributed by atoms with Gasteiger partial charge in [0.1, 0.15) is 29.7 Å². The molecule has 4 N–H and O–H groups in total. The summed E-state index contributed by atoms with van der Waals surface area (Å²) in [6.07, 6.45) is 6.35. The van der Waals surface area contributed by atoms with E-state index in [1.54, 1.807) is 0 Å². The van der Waals surface area contributed by atoms with Gasteiger partial charge in [0.2, 0.25) is 0 Å². The maximum Gasteiger partial charge on any atom is 0.163 e. The summed E-state index contributed by atoms with van der Waals surface area (Å²) in [7, 11) is 0. The van der Waals surface area contributed by atoms with E-state index < -0.39 is 5.79 Å². The van der Waals surface area contributed by atoms with Crippen molar-refractivity contribution in [2.24, 2.45) is 5.92 Å². The number of aryl methyl sites for hydroxylation is 1. The van der Waals surface area contributed by atoms with Gasteiger partial charge >= 0.3 is 0 Å². The highest BCUT2D eigenvalue weighted by molar-refractivity contribution is 6.33. The molecule has 2 aliphatic rings. The third kappa shape index (κ3) is 3.57. The first-order valence-corrected chi connectivity index (χ1v) is 11.9. The van der Waals surface area contributed by atoms with Gasteiger partial charge in [0.25, 0.3) is 0 Å². The van der Waals surface area contributed by atoms with Crippen LogP contribution in [0.25, 0.3) is 21.9 Å². The lowest BCUT2D eigenvalue weighted by atomic mass is 9.95. The highest BCUT2D eigenvalue weighted by atomic mass is 35.5. The average molecular weight is 479 g/mol. The van der Waals surface area contributed by atoms with Gasteiger partial charge in [-0.15, -0.1) is 0 Å². The zero-order chi connectivity index (χ0) is 23.6. The molecule has 1 saturated carbocycles. The predicted molar refractivity (Wildman–Crippen MR) is 132 cm³/mol. The standard InChI is InChI=1S/C25H27ClN6O2/c1-25(2)33-20-15(6-4-13-3-5-14-10-17(26)23(28)31-18(14)9-13)11-19(21(20)34-25)32-8-7-16-22(27)29-12-30-24(16)32/h3,5,7-10,12,15,19-21H,4,6,11H2,1-2H3,(H2,28,31)(H2,27,29,30)/t15-,19+,20+,21?/m0/s1. The van der Waals surface area contributed by atoms with Crippen LogP contribution in [0.15, 0.2) is 42.9 Å². The molecule has 0 amide bonds. The van der Waals surface area contributed by atoms with Crippen molar-refractivity contribution >= 4 is 45.2 Å². The molecular formula is C25H27ClN6O2. The maximum atomic E-state index is 6.40. The lowest BCUT2D eigenvalue weighted by molar-refractivity contribution is -0.160. The molecule has 1 aromatic carbocycles. The average Bonchev–Trinajstić information content (AvgIpc) is 3.45. The summed E-state index contributed by atoms with van der Waals surface area (Å²) in [6, 6.07) is 10.2. The molecule has 8 nitrogen and oxygen atoms in total. The van der Waals surface area contributed by atoms with Gasteiger partial charge in [-0.1, -0.05) is 23.7 Å². The lowest BCUT2D eigenvalue weighted by Crippen LogP contribution is -2.27. The Kier molecular flexibility index (Phi) is 4.95. The first kappa shape index (κ1) is 21.6. The van der Waals surface area contributed by atoms with E-state index in [-0.39, 0.29) is 18.2 Å². The van der Waals surface area contributed by atoms with Crippen LogP contribution < -0.4 is 11.5 Å². The van der Waals surface area contributed by atoms with Gasteiger partial charge in [0, 0.05) is 11.6 Å². The molecule has 3 aromatic heterocycles. The van der Waals surface area contributed by atoms with Gasteiger partial charge < -0.3 is 25.5 Å². The summed E-state index contributed by atoms with van der Waals surface area (Å²) in [5.41, 5.74) is 14.9. The highest BCUT2D eigenvalue weighted by Gasteiger charge is 2.54. The van der Waals surface area contributed by atoms with E-state index in [0.29, 0.717) is 22.6 Å². The molecule has 176 valence electrons. The third-order valence-electron chi connectivity index (χ3n) is 7.12. The number of hydrogen-bond donors (Lipinski definition) is 2. The number of halogens is 1. The molecule has 34 heavy (non-hydrogen) atoms. The highest BCUT2D eigenvalue weighted by Crippen LogP contribution is 2.49. The van der Waals surface area contributed by atoms with Crippen LogP contribution in [-0.4, -0.2) is 37.5 Å². The summed E-state index contributed by atoms with van der Waals surface area (Å²) in [5.74, 6) is 0.570. The fourth-order valence-electron chi connectivity index (χ4n) is 5.58. The quantitative estimate of drug-likeness (QED) is 0.443. The second-order valence-corrected chi connectivity index (χ2v) is 10.2. The van der Waals surface area contributed by atoms with E-state index in [0.717, 1.165) is 41.2 Å². The van der Waals surface area contributed by atoms with Crippen LogP contribution in [0.3, 0.4) is 0 Å². The number of hydrogen-bond acceptors (Lipinski definition) is 7. The normalized spacial score (nSPS) is 25.9. The van der Waals surface area contributed by atoms with Crippen LogP contribution in [0.1, 0.15) is 38.3 Å². The Bertz CT molecular complexity index is 1400. The SMILES string of the molecule is CC1(C)OC2[C@H](n3ccc4c(N)ncnc43)C[C@H](CCc3ccc4cc(Cl)c(N)nc4c3)[C@H]2O1. The molecule has 1 saturated heterocycles. The fraction of sp³-hybridized carbons (Fsp3) is 0.400. The topological polar surface area (TPSA) is 114 Å². The van der Waals surface area contributed by atoms with Crippen LogP contribution in [0.4, 0.5) is 11.6 Å². The first-order valence-electron chi connectivity index (χ1n) is 11.6. The third-order valence-corrected chi connectivity index (χ3v) is 7.42. The molecule has 6 rings (SSSR count). The minimum Gasteiger partial charge on any atom is -0.383 e. The van der Waals surface area contributed by atoms with Crippen LogP contribution in [0.5, 0.6) is 0 Å². The van der Waals surface area contributed by atoms with E-state index in [1.165, 1.54) is 11.9 Å². The van der Waals surface area contributed by atoms with Crippen molar-refractivity contribution < 1.29 is 9.47 Å². The maximum absolute atomic E-state index is 6.40. The van der Waals surface area contributed by atoms with Crippen LogP contribution in [0, 0.1) is 5.92 Å². The van der Waals surface area contributed by atoms with Crippen molar-refractivity contribution in [3.63, 3.8) is 0 Å². The monoisotopic (exact) mass is 478 g/mol. The smallest absolute Gasteiger partial charge is 0.163 e. The number of fused-ring (bicyclic) bond motifs is 3. The predicted octanol–water partition coefficient (Wildman–Crippen LogP) is 4.51. The van der Waals surface area contributed by atoms with E-state index in [1.807, 2.05) is 32.2 Å². The molecule has 1 unspecified atom stereocenters.